The Morgan fingerprint density at radius 2 is 1.68 bits per heavy atom. The summed E-state index contributed by atoms with van der Waals surface area (Å²) >= 11 is 0. The van der Waals surface area contributed by atoms with Crippen LogP contribution in [0.2, 0.25) is 0 Å². The molecule has 1 heterocycles. The molecule has 1 amide bonds. The molecule has 3 heteroatoms. The second kappa shape index (κ2) is 5.56. The van der Waals surface area contributed by atoms with Gasteiger partial charge in [0.25, 0.3) is 5.91 Å². The first-order valence-electron chi connectivity index (χ1n) is 7.22. The quantitative estimate of drug-likeness (QED) is 0.765. The van der Waals surface area contributed by atoms with Crippen molar-refractivity contribution in [2.24, 2.45) is 10.8 Å². The highest BCUT2D eigenvalue weighted by Gasteiger charge is 2.34. The predicted molar refractivity (Wildman–Crippen MR) is 78.8 cm³/mol. The van der Waals surface area contributed by atoms with Crippen molar-refractivity contribution in [3.05, 3.63) is 11.3 Å². The molecule has 0 N–H and O–H groups in total. The summed E-state index contributed by atoms with van der Waals surface area (Å²) in [7, 11) is 0. The zero-order chi connectivity index (χ0) is 14.8. The van der Waals surface area contributed by atoms with Crippen LogP contribution >= 0.6 is 0 Å². The van der Waals surface area contributed by atoms with Gasteiger partial charge in [0.15, 0.2) is 6.61 Å². The first-order chi connectivity index (χ1) is 8.57. The first-order valence-corrected chi connectivity index (χ1v) is 7.22. The molecule has 0 saturated heterocycles. The Morgan fingerprint density at radius 3 is 2.11 bits per heavy atom. The minimum atomic E-state index is -0.0644. The number of nitrogens with zero attached hydrogens (tertiary/aromatic N) is 1. The average Bonchev–Trinajstić information content (AvgIpc) is 2.38. The second-order valence-corrected chi connectivity index (χ2v) is 7.41. The highest BCUT2D eigenvalue weighted by molar-refractivity contribution is 5.78. The first kappa shape index (κ1) is 16.1. The maximum absolute atomic E-state index is 12.1. The average molecular weight is 267 g/mol. The number of hydrogen-bond acceptors (Lipinski definition) is 2. The van der Waals surface area contributed by atoms with E-state index in [1.165, 1.54) is 5.57 Å². The molecule has 0 aromatic heterocycles. The van der Waals surface area contributed by atoms with Crippen LogP contribution < -0.4 is 0 Å². The van der Waals surface area contributed by atoms with Crippen molar-refractivity contribution in [3.8, 4) is 0 Å². The summed E-state index contributed by atoms with van der Waals surface area (Å²) in [6.45, 7) is 16.8. The number of carbonyl (C=O) groups excluding carboxylic acids is 1. The number of carbonyl (C=O) groups is 1. The van der Waals surface area contributed by atoms with Gasteiger partial charge in [-0.3, -0.25) is 4.79 Å². The third-order valence-corrected chi connectivity index (χ3v) is 3.40. The summed E-state index contributed by atoms with van der Waals surface area (Å²) in [4.78, 5) is 14.1. The Labute approximate surface area is 118 Å². The van der Waals surface area contributed by atoms with E-state index in [0.717, 1.165) is 18.7 Å². The van der Waals surface area contributed by atoms with E-state index in [1.807, 2.05) is 4.90 Å². The molecule has 0 atom stereocenters. The molecule has 0 saturated carbocycles. The molecule has 0 aliphatic carbocycles. The Bertz CT molecular complexity index is 369. The number of amides is 1. The van der Waals surface area contributed by atoms with Gasteiger partial charge in [0.05, 0.1) is 0 Å². The summed E-state index contributed by atoms with van der Waals surface area (Å²) in [5, 5.41) is 0. The van der Waals surface area contributed by atoms with Crippen molar-refractivity contribution < 1.29 is 9.53 Å². The highest BCUT2D eigenvalue weighted by atomic mass is 16.5. The van der Waals surface area contributed by atoms with Gasteiger partial charge in [-0.05, 0) is 17.4 Å². The largest absolute Gasteiger partial charge is 0.488 e. The predicted octanol–water partition coefficient (Wildman–Crippen LogP) is 3.60. The van der Waals surface area contributed by atoms with E-state index in [4.69, 9.17) is 4.74 Å². The summed E-state index contributed by atoms with van der Waals surface area (Å²) in [5.74, 6) is 1.09. The maximum Gasteiger partial charge on any atom is 0.260 e. The number of allylic oxidation sites excluding steroid dienone is 1. The summed E-state index contributed by atoms with van der Waals surface area (Å²) in [6.07, 6.45) is 0.980. The molecule has 0 aromatic carbocycles. The lowest BCUT2D eigenvalue weighted by molar-refractivity contribution is -0.133. The van der Waals surface area contributed by atoms with Crippen molar-refractivity contribution in [3.63, 3.8) is 0 Å². The fourth-order valence-electron chi connectivity index (χ4n) is 2.38. The van der Waals surface area contributed by atoms with E-state index in [1.54, 1.807) is 0 Å². The molecule has 0 aromatic rings. The van der Waals surface area contributed by atoms with Gasteiger partial charge < -0.3 is 9.64 Å². The van der Waals surface area contributed by atoms with Crippen molar-refractivity contribution in [1.29, 1.82) is 0 Å². The van der Waals surface area contributed by atoms with E-state index in [0.29, 0.717) is 6.54 Å². The lowest BCUT2D eigenvalue weighted by Crippen LogP contribution is -2.36. The van der Waals surface area contributed by atoms with Crippen LogP contribution in [0.3, 0.4) is 0 Å². The second-order valence-electron chi connectivity index (χ2n) is 7.41. The Morgan fingerprint density at radius 1 is 1.11 bits per heavy atom. The molecule has 1 rings (SSSR count). The van der Waals surface area contributed by atoms with Gasteiger partial charge in [0, 0.05) is 18.5 Å². The van der Waals surface area contributed by atoms with Gasteiger partial charge in [0.2, 0.25) is 0 Å². The van der Waals surface area contributed by atoms with Crippen molar-refractivity contribution in [2.45, 2.75) is 54.9 Å². The fourth-order valence-corrected chi connectivity index (χ4v) is 2.38. The van der Waals surface area contributed by atoms with Gasteiger partial charge in [-0.15, -0.1) is 0 Å². The standard InChI is InChI=1S/C16H29NO2/c1-8-9-17-10-12(15(2,3)4)14(16(5,6)7)19-11-13(17)18/h8-11H2,1-7H3. The van der Waals surface area contributed by atoms with Crippen molar-refractivity contribution >= 4 is 5.91 Å². The molecule has 19 heavy (non-hydrogen) atoms. The van der Waals surface area contributed by atoms with Crippen LogP contribution in [-0.4, -0.2) is 30.5 Å². The minimum absolute atomic E-state index is 0.0131. The van der Waals surface area contributed by atoms with Gasteiger partial charge in [0.1, 0.15) is 5.76 Å². The molecule has 110 valence electrons. The monoisotopic (exact) mass is 267 g/mol. The minimum Gasteiger partial charge on any atom is -0.488 e. The zero-order valence-corrected chi connectivity index (χ0v) is 13.6. The third-order valence-electron chi connectivity index (χ3n) is 3.40. The number of ether oxygens (including phenoxy) is 1. The normalized spacial score (nSPS) is 18.5. The fraction of sp³-hybridized carbons (Fsp3) is 0.812. The van der Waals surface area contributed by atoms with Crippen LogP contribution in [0.5, 0.6) is 0 Å². The van der Waals surface area contributed by atoms with Crippen molar-refractivity contribution in [1.82, 2.24) is 4.90 Å². The topological polar surface area (TPSA) is 29.5 Å². The Kier molecular flexibility index (Phi) is 4.70. The van der Waals surface area contributed by atoms with Gasteiger partial charge in [-0.25, -0.2) is 0 Å². The van der Waals surface area contributed by atoms with Gasteiger partial charge in [-0.1, -0.05) is 48.5 Å². The molecular formula is C16H29NO2. The van der Waals surface area contributed by atoms with E-state index in [9.17, 15) is 4.79 Å². The summed E-state index contributed by atoms with van der Waals surface area (Å²) < 4.78 is 5.88. The molecule has 3 nitrogen and oxygen atoms in total. The summed E-state index contributed by atoms with van der Waals surface area (Å²) in [6, 6.07) is 0. The number of rotatable bonds is 2. The molecule has 0 spiro atoms. The smallest absolute Gasteiger partial charge is 0.260 e. The van der Waals surface area contributed by atoms with Crippen LogP contribution in [0.25, 0.3) is 0 Å². The Hall–Kier alpha value is -0.990. The maximum atomic E-state index is 12.1. The lowest BCUT2D eigenvalue weighted by Gasteiger charge is -2.32. The van der Waals surface area contributed by atoms with E-state index < -0.39 is 0 Å². The van der Waals surface area contributed by atoms with Crippen LogP contribution in [0.1, 0.15) is 54.9 Å². The van der Waals surface area contributed by atoms with Gasteiger partial charge in [-0.2, -0.15) is 0 Å². The number of hydrogen-bond donors (Lipinski definition) is 0. The van der Waals surface area contributed by atoms with Crippen LogP contribution in [0.15, 0.2) is 11.3 Å². The highest BCUT2D eigenvalue weighted by Crippen LogP contribution is 2.38. The Balaban J connectivity index is 3.22. The third kappa shape index (κ3) is 3.99. The zero-order valence-electron chi connectivity index (χ0n) is 13.6. The van der Waals surface area contributed by atoms with E-state index in [-0.39, 0.29) is 23.3 Å². The van der Waals surface area contributed by atoms with Gasteiger partial charge >= 0.3 is 0 Å². The van der Waals surface area contributed by atoms with Crippen LogP contribution in [-0.2, 0) is 9.53 Å². The van der Waals surface area contributed by atoms with Crippen LogP contribution in [0, 0.1) is 10.8 Å². The molecule has 0 fully saturated rings. The molecular weight excluding hydrogens is 238 g/mol. The molecule has 0 bridgehead atoms. The molecule has 1 aliphatic rings. The molecule has 1 aliphatic heterocycles. The lowest BCUT2D eigenvalue weighted by atomic mass is 9.79. The summed E-state index contributed by atoms with van der Waals surface area (Å²) in [5.41, 5.74) is 1.20. The molecule has 0 unspecified atom stereocenters. The van der Waals surface area contributed by atoms with E-state index in [2.05, 4.69) is 48.5 Å². The SMILES string of the molecule is CCCN1CC(C(C)(C)C)=C(C(C)(C)C)OCC1=O. The van der Waals surface area contributed by atoms with Crippen molar-refractivity contribution in [2.75, 3.05) is 19.7 Å². The van der Waals surface area contributed by atoms with Crippen LogP contribution in [0.4, 0.5) is 0 Å². The van der Waals surface area contributed by atoms with E-state index >= 15 is 0 Å². The molecule has 0 radical (unpaired) electrons.